The lowest BCUT2D eigenvalue weighted by Crippen LogP contribution is -1.84. The molecule has 0 aliphatic rings. The van der Waals surface area contributed by atoms with Crippen LogP contribution in [0.5, 0.6) is 5.75 Å². The zero-order chi connectivity index (χ0) is 12.7. The van der Waals surface area contributed by atoms with E-state index in [0.717, 1.165) is 17.1 Å². The fourth-order valence-electron chi connectivity index (χ4n) is 1.17. The number of hydrogen-bond acceptors (Lipinski definition) is 3. The maximum atomic E-state index is 5.43. The molecule has 2 rings (SSSR count). The third-order valence-electron chi connectivity index (χ3n) is 2.19. The molecule has 0 amide bonds. The maximum absolute atomic E-state index is 5.43. The molecule has 0 spiro atoms. The summed E-state index contributed by atoms with van der Waals surface area (Å²) in [4.78, 5) is 0. The molecule has 2 aromatic carbocycles. The Morgan fingerprint density at radius 2 is 1.18 bits per heavy atom. The molecule has 0 radical (unpaired) electrons. The molecule has 0 aliphatic heterocycles. The fraction of sp³-hybridized carbons (Fsp3) is 0.143. The zero-order valence-electron chi connectivity index (χ0n) is 10.2. The molecular formula is C14H18N2O. The molecule has 17 heavy (non-hydrogen) atoms. The number of ether oxygens (including phenoxy) is 1. The molecule has 0 saturated carbocycles. The van der Waals surface area contributed by atoms with E-state index in [1.807, 2.05) is 43.3 Å². The van der Waals surface area contributed by atoms with Gasteiger partial charge in [0.2, 0.25) is 0 Å². The molecule has 0 atom stereocenters. The van der Waals surface area contributed by atoms with Gasteiger partial charge in [-0.15, -0.1) is 0 Å². The average molecular weight is 230 g/mol. The highest BCUT2D eigenvalue weighted by molar-refractivity contribution is 5.41. The second-order valence-electron chi connectivity index (χ2n) is 3.68. The first-order chi connectivity index (χ1) is 8.11. The van der Waals surface area contributed by atoms with Gasteiger partial charge >= 0.3 is 0 Å². The van der Waals surface area contributed by atoms with Crippen molar-refractivity contribution in [1.82, 2.24) is 0 Å². The average Bonchev–Trinajstić information content (AvgIpc) is 2.35. The SMILES string of the molecule is COc1ccc(N)cc1.Cc1ccc(N)cc1. The van der Waals surface area contributed by atoms with Crippen LogP contribution in [0.4, 0.5) is 11.4 Å². The first-order valence-electron chi connectivity index (χ1n) is 5.33. The zero-order valence-corrected chi connectivity index (χ0v) is 10.2. The van der Waals surface area contributed by atoms with Gasteiger partial charge in [0.05, 0.1) is 7.11 Å². The highest BCUT2D eigenvalue weighted by atomic mass is 16.5. The van der Waals surface area contributed by atoms with Crippen LogP contribution in [0.25, 0.3) is 0 Å². The normalized spacial score (nSPS) is 9.06. The number of hydrogen-bond donors (Lipinski definition) is 2. The largest absolute Gasteiger partial charge is 0.497 e. The van der Waals surface area contributed by atoms with Crippen molar-refractivity contribution in [3.05, 3.63) is 54.1 Å². The van der Waals surface area contributed by atoms with Crippen LogP contribution in [0.3, 0.4) is 0 Å². The number of aryl methyl sites for hydroxylation is 1. The number of nitrogen functional groups attached to an aromatic ring is 2. The van der Waals surface area contributed by atoms with Crippen LogP contribution < -0.4 is 16.2 Å². The number of rotatable bonds is 1. The third-order valence-corrected chi connectivity index (χ3v) is 2.19. The van der Waals surface area contributed by atoms with Gasteiger partial charge in [-0.25, -0.2) is 0 Å². The van der Waals surface area contributed by atoms with E-state index in [2.05, 4.69) is 0 Å². The van der Waals surface area contributed by atoms with Gasteiger partial charge in [-0.05, 0) is 43.3 Å². The van der Waals surface area contributed by atoms with E-state index in [-0.39, 0.29) is 0 Å². The minimum absolute atomic E-state index is 0.760. The Hall–Kier alpha value is -2.16. The first kappa shape index (κ1) is 12.9. The molecule has 2 aromatic rings. The van der Waals surface area contributed by atoms with Crippen molar-refractivity contribution in [2.45, 2.75) is 6.92 Å². The second-order valence-corrected chi connectivity index (χ2v) is 3.68. The minimum Gasteiger partial charge on any atom is -0.497 e. The molecule has 0 aliphatic carbocycles. The quantitative estimate of drug-likeness (QED) is 0.740. The van der Waals surface area contributed by atoms with Crippen molar-refractivity contribution < 1.29 is 4.74 Å². The minimum atomic E-state index is 0.760. The van der Waals surface area contributed by atoms with Crippen LogP contribution in [-0.4, -0.2) is 7.11 Å². The Labute approximate surface area is 102 Å². The summed E-state index contributed by atoms with van der Waals surface area (Å²) in [6, 6.07) is 15.1. The fourth-order valence-corrected chi connectivity index (χ4v) is 1.17. The lowest BCUT2D eigenvalue weighted by molar-refractivity contribution is 0.415. The smallest absolute Gasteiger partial charge is 0.119 e. The van der Waals surface area contributed by atoms with Gasteiger partial charge in [-0.1, -0.05) is 17.7 Å². The Morgan fingerprint density at radius 1 is 0.765 bits per heavy atom. The van der Waals surface area contributed by atoms with Crippen LogP contribution in [0, 0.1) is 6.92 Å². The van der Waals surface area contributed by atoms with Crippen LogP contribution in [0.15, 0.2) is 48.5 Å². The van der Waals surface area contributed by atoms with E-state index < -0.39 is 0 Å². The first-order valence-corrected chi connectivity index (χ1v) is 5.33. The summed E-state index contributed by atoms with van der Waals surface area (Å²) in [5.41, 5.74) is 13.7. The molecule has 0 unspecified atom stereocenters. The Morgan fingerprint density at radius 3 is 1.53 bits per heavy atom. The summed E-state index contributed by atoms with van der Waals surface area (Å²) < 4.78 is 4.91. The van der Waals surface area contributed by atoms with Gasteiger partial charge in [-0.3, -0.25) is 0 Å². The number of benzene rings is 2. The highest BCUT2D eigenvalue weighted by Crippen LogP contribution is 2.11. The van der Waals surface area contributed by atoms with E-state index in [1.54, 1.807) is 19.2 Å². The molecule has 4 N–H and O–H groups in total. The topological polar surface area (TPSA) is 61.3 Å². The predicted molar refractivity (Wildman–Crippen MR) is 73.0 cm³/mol. The Kier molecular flexibility index (Phi) is 4.88. The van der Waals surface area contributed by atoms with Crippen molar-refractivity contribution >= 4 is 11.4 Å². The number of nitrogens with two attached hydrogens (primary N) is 2. The summed E-state index contributed by atoms with van der Waals surface area (Å²) in [5, 5.41) is 0. The number of methoxy groups -OCH3 is 1. The summed E-state index contributed by atoms with van der Waals surface area (Å²) in [6.45, 7) is 2.04. The monoisotopic (exact) mass is 230 g/mol. The maximum Gasteiger partial charge on any atom is 0.119 e. The van der Waals surface area contributed by atoms with E-state index in [9.17, 15) is 0 Å². The molecule has 0 fully saturated rings. The van der Waals surface area contributed by atoms with Crippen molar-refractivity contribution in [2.24, 2.45) is 0 Å². The standard InChI is InChI=1S/C7H9NO.C7H9N/c1-9-7-4-2-6(8)3-5-7;1-6-2-4-7(8)5-3-6/h2-5H,8H2,1H3;2-5H,8H2,1H3. The molecule has 0 bridgehead atoms. The van der Waals surface area contributed by atoms with Gasteiger partial charge in [0.25, 0.3) is 0 Å². The number of anilines is 2. The molecule has 0 saturated heterocycles. The van der Waals surface area contributed by atoms with E-state index in [4.69, 9.17) is 16.2 Å². The Bertz CT molecular complexity index is 414. The molecular weight excluding hydrogens is 212 g/mol. The van der Waals surface area contributed by atoms with Crippen molar-refractivity contribution in [2.75, 3.05) is 18.6 Å². The van der Waals surface area contributed by atoms with Crippen LogP contribution >= 0.6 is 0 Å². The summed E-state index contributed by atoms with van der Waals surface area (Å²) in [7, 11) is 1.63. The summed E-state index contributed by atoms with van der Waals surface area (Å²) in [6.07, 6.45) is 0. The summed E-state index contributed by atoms with van der Waals surface area (Å²) in [5.74, 6) is 0.837. The van der Waals surface area contributed by atoms with Gasteiger partial charge in [0.15, 0.2) is 0 Å². The van der Waals surface area contributed by atoms with Crippen molar-refractivity contribution in [3.8, 4) is 5.75 Å². The van der Waals surface area contributed by atoms with Gasteiger partial charge in [-0.2, -0.15) is 0 Å². The van der Waals surface area contributed by atoms with Crippen LogP contribution in [0.1, 0.15) is 5.56 Å². The van der Waals surface area contributed by atoms with Gasteiger partial charge in [0.1, 0.15) is 5.75 Å². The molecule has 3 nitrogen and oxygen atoms in total. The Balaban J connectivity index is 0.000000171. The van der Waals surface area contributed by atoms with Gasteiger partial charge < -0.3 is 16.2 Å². The predicted octanol–water partition coefficient (Wildman–Crippen LogP) is 2.85. The van der Waals surface area contributed by atoms with E-state index in [1.165, 1.54) is 5.56 Å². The van der Waals surface area contributed by atoms with E-state index in [0.29, 0.717) is 0 Å². The van der Waals surface area contributed by atoms with Crippen LogP contribution in [0.2, 0.25) is 0 Å². The lowest BCUT2D eigenvalue weighted by atomic mass is 10.2. The second kappa shape index (κ2) is 6.43. The van der Waals surface area contributed by atoms with Gasteiger partial charge in [0, 0.05) is 11.4 Å². The molecule has 0 heterocycles. The third kappa shape index (κ3) is 4.93. The lowest BCUT2D eigenvalue weighted by Gasteiger charge is -1.97. The molecule has 3 heteroatoms. The van der Waals surface area contributed by atoms with Crippen molar-refractivity contribution in [3.63, 3.8) is 0 Å². The molecule has 0 aromatic heterocycles. The highest BCUT2D eigenvalue weighted by Gasteiger charge is 1.86. The van der Waals surface area contributed by atoms with E-state index >= 15 is 0 Å². The van der Waals surface area contributed by atoms with Crippen LogP contribution in [-0.2, 0) is 0 Å². The molecule has 90 valence electrons. The summed E-state index contributed by atoms with van der Waals surface area (Å²) >= 11 is 0. The van der Waals surface area contributed by atoms with Crippen molar-refractivity contribution in [1.29, 1.82) is 0 Å².